The zero-order valence-electron chi connectivity index (χ0n) is 14.2. The van der Waals surface area contributed by atoms with Crippen LogP contribution in [0, 0.1) is 5.92 Å². The van der Waals surface area contributed by atoms with E-state index in [1.165, 1.54) is 6.26 Å². The van der Waals surface area contributed by atoms with Gasteiger partial charge in [-0.3, -0.25) is 9.59 Å². The molecule has 5 nitrogen and oxygen atoms in total. The maximum Gasteiger partial charge on any atom is 0.289 e. The fraction of sp³-hybridized carbons (Fsp3) is 0.368. The predicted molar refractivity (Wildman–Crippen MR) is 95.3 cm³/mol. The van der Waals surface area contributed by atoms with Crippen molar-refractivity contribution in [3.05, 3.63) is 59.0 Å². The summed E-state index contributed by atoms with van der Waals surface area (Å²) in [5, 5.41) is 0.653. The Balaban J connectivity index is 1.63. The fourth-order valence-corrected chi connectivity index (χ4v) is 3.39. The van der Waals surface area contributed by atoms with Crippen molar-refractivity contribution in [2.75, 3.05) is 20.1 Å². The van der Waals surface area contributed by atoms with Gasteiger partial charge in [0.15, 0.2) is 5.76 Å². The van der Waals surface area contributed by atoms with Crippen LogP contribution >= 0.6 is 11.6 Å². The lowest BCUT2D eigenvalue weighted by atomic mass is 9.96. The number of benzene rings is 1. The first-order valence-corrected chi connectivity index (χ1v) is 8.75. The highest BCUT2D eigenvalue weighted by molar-refractivity contribution is 6.31. The Kier molecular flexibility index (Phi) is 5.43. The third-order valence-electron chi connectivity index (χ3n) is 4.53. The molecule has 0 radical (unpaired) electrons. The van der Waals surface area contributed by atoms with Crippen LogP contribution in [0.3, 0.4) is 0 Å². The molecule has 1 aromatic carbocycles. The Hall–Kier alpha value is -2.27. The van der Waals surface area contributed by atoms with Crippen molar-refractivity contribution in [3.8, 4) is 0 Å². The summed E-state index contributed by atoms with van der Waals surface area (Å²) >= 11 is 6.18. The van der Waals surface area contributed by atoms with Crippen LogP contribution < -0.4 is 0 Å². The number of hydrogen-bond donors (Lipinski definition) is 0. The Morgan fingerprint density at radius 2 is 2.08 bits per heavy atom. The second-order valence-electron chi connectivity index (χ2n) is 6.35. The van der Waals surface area contributed by atoms with Crippen molar-refractivity contribution in [1.29, 1.82) is 0 Å². The third kappa shape index (κ3) is 4.04. The lowest BCUT2D eigenvalue weighted by molar-refractivity contribution is -0.136. The highest BCUT2D eigenvalue weighted by atomic mass is 35.5. The largest absolute Gasteiger partial charge is 0.459 e. The van der Waals surface area contributed by atoms with E-state index in [4.69, 9.17) is 16.0 Å². The van der Waals surface area contributed by atoms with Crippen molar-refractivity contribution in [3.63, 3.8) is 0 Å². The van der Waals surface area contributed by atoms with E-state index < -0.39 is 0 Å². The molecule has 1 aromatic heterocycles. The van der Waals surface area contributed by atoms with Gasteiger partial charge in [-0.05, 0) is 36.6 Å². The Morgan fingerprint density at radius 3 is 2.80 bits per heavy atom. The van der Waals surface area contributed by atoms with Crippen LogP contribution in [-0.2, 0) is 11.3 Å². The van der Waals surface area contributed by atoms with Gasteiger partial charge in [0.25, 0.3) is 5.91 Å². The van der Waals surface area contributed by atoms with Crippen LogP contribution in [0.5, 0.6) is 0 Å². The molecule has 0 aliphatic carbocycles. The summed E-state index contributed by atoms with van der Waals surface area (Å²) in [6.07, 6.45) is 3.08. The maximum atomic E-state index is 12.8. The van der Waals surface area contributed by atoms with E-state index in [0.29, 0.717) is 30.4 Å². The van der Waals surface area contributed by atoms with E-state index >= 15 is 0 Å². The van der Waals surface area contributed by atoms with Crippen molar-refractivity contribution >= 4 is 23.4 Å². The minimum Gasteiger partial charge on any atom is -0.459 e. The van der Waals surface area contributed by atoms with Gasteiger partial charge >= 0.3 is 0 Å². The molecular formula is C19H21ClN2O3. The molecule has 1 unspecified atom stereocenters. The number of carbonyl (C=O) groups is 2. The van der Waals surface area contributed by atoms with E-state index in [2.05, 4.69) is 0 Å². The first-order chi connectivity index (χ1) is 12.1. The van der Waals surface area contributed by atoms with E-state index in [0.717, 1.165) is 18.4 Å². The molecule has 0 saturated carbocycles. The minimum atomic E-state index is -0.194. The van der Waals surface area contributed by atoms with Crippen LogP contribution in [0.4, 0.5) is 0 Å². The average Bonchev–Trinajstić information content (AvgIpc) is 3.17. The summed E-state index contributed by atoms with van der Waals surface area (Å²) in [5.74, 6) is 0.00536. The first-order valence-electron chi connectivity index (χ1n) is 8.37. The predicted octanol–water partition coefficient (Wildman–Crippen LogP) is 3.44. The summed E-state index contributed by atoms with van der Waals surface area (Å²) < 4.78 is 5.18. The zero-order valence-corrected chi connectivity index (χ0v) is 14.9. The molecule has 1 saturated heterocycles. The molecule has 2 heterocycles. The number of halogens is 1. The first kappa shape index (κ1) is 17.5. The van der Waals surface area contributed by atoms with Gasteiger partial charge in [0.2, 0.25) is 5.91 Å². The quantitative estimate of drug-likeness (QED) is 0.839. The summed E-state index contributed by atoms with van der Waals surface area (Å²) in [6, 6.07) is 10.9. The average molecular weight is 361 g/mol. The minimum absolute atomic E-state index is 0.0388. The van der Waals surface area contributed by atoms with Crippen LogP contribution in [0.1, 0.15) is 29.0 Å². The number of amides is 2. The van der Waals surface area contributed by atoms with Crippen molar-refractivity contribution in [2.24, 2.45) is 5.92 Å². The normalized spacial score (nSPS) is 17.4. The summed E-state index contributed by atoms with van der Waals surface area (Å²) in [5.41, 5.74) is 0.916. The van der Waals surface area contributed by atoms with Gasteiger partial charge in [-0.25, -0.2) is 0 Å². The lowest BCUT2D eigenvalue weighted by Crippen LogP contribution is -2.45. The highest BCUT2D eigenvalue weighted by Gasteiger charge is 2.31. The lowest BCUT2D eigenvalue weighted by Gasteiger charge is -2.33. The van der Waals surface area contributed by atoms with Gasteiger partial charge in [-0.2, -0.15) is 0 Å². The molecule has 2 amide bonds. The molecule has 25 heavy (non-hydrogen) atoms. The molecule has 1 aliphatic rings. The number of likely N-dealkylation sites (tertiary alicyclic amines) is 1. The number of hydrogen-bond acceptors (Lipinski definition) is 3. The van der Waals surface area contributed by atoms with Crippen LogP contribution in [-0.4, -0.2) is 41.8 Å². The van der Waals surface area contributed by atoms with Crippen LogP contribution in [0.15, 0.2) is 47.1 Å². The van der Waals surface area contributed by atoms with E-state index in [9.17, 15) is 9.59 Å². The number of piperidine rings is 1. The molecule has 6 heteroatoms. The smallest absolute Gasteiger partial charge is 0.289 e. The Bertz CT molecular complexity index is 745. The zero-order chi connectivity index (χ0) is 17.8. The number of rotatable bonds is 4. The summed E-state index contributed by atoms with van der Waals surface area (Å²) in [6.45, 7) is 1.53. The van der Waals surface area contributed by atoms with Gasteiger partial charge < -0.3 is 14.2 Å². The van der Waals surface area contributed by atoms with Crippen molar-refractivity contribution in [2.45, 2.75) is 19.4 Å². The van der Waals surface area contributed by atoms with Crippen molar-refractivity contribution < 1.29 is 14.0 Å². The van der Waals surface area contributed by atoms with E-state index in [-0.39, 0.29) is 17.7 Å². The van der Waals surface area contributed by atoms with Crippen LogP contribution in [0.25, 0.3) is 0 Å². The highest BCUT2D eigenvalue weighted by Crippen LogP contribution is 2.22. The fourth-order valence-electron chi connectivity index (χ4n) is 3.19. The van der Waals surface area contributed by atoms with Gasteiger partial charge in [0.1, 0.15) is 0 Å². The second kappa shape index (κ2) is 7.74. The van der Waals surface area contributed by atoms with E-state index in [1.54, 1.807) is 29.0 Å². The topological polar surface area (TPSA) is 53.8 Å². The molecule has 0 N–H and O–H groups in total. The van der Waals surface area contributed by atoms with Gasteiger partial charge in [-0.15, -0.1) is 0 Å². The number of carbonyl (C=O) groups excluding carboxylic acids is 2. The summed E-state index contributed by atoms with van der Waals surface area (Å²) in [7, 11) is 1.78. The molecule has 0 spiro atoms. The third-order valence-corrected chi connectivity index (χ3v) is 4.90. The standard InChI is InChI=1S/C19H21ClN2O3/c1-21(12-14-6-2-3-8-16(14)20)18(23)15-7-4-10-22(13-15)19(24)17-9-5-11-25-17/h2-3,5-6,8-9,11,15H,4,7,10,12-13H2,1H3. The molecule has 1 atom stereocenters. The molecule has 0 bridgehead atoms. The second-order valence-corrected chi connectivity index (χ2v) is 6.76. The molecule has 1 fully saturated rings. The Labute approximate surface area is 152 Å². The number of furan rings is 1. The number of nitrogens with zero attached hydrogens (tertiary/aromatic N) is 2. The van der Waals surface area contributed by atoms with Crippen LogP contribution in [0.2, 0.25) is 5.02 Å². The molecule has 132 valence electrons. The van der Waals surface area contributed by atoms with Gasteiger partial charge in [-0.1, -0.05) is 29.8 Å². The van der Waals surface area contributed by atoms with Gasteiger partial charge in [0.05, 0.1) is 12.2 Å². The Morgan fingerprint density at radius 1 is 1.28 bits per heavy atom. The van der Waals surface area contributed by atoms with Gasteiger partial charge in [0, 0.05) is 31.7 Å². The molecular weight excluding hydrogens is 340 g/mol. The molecule has 1 aliphatic heterocycles. The molecule has 3 rings (SSSR count). The maximum absolute atomic E-state index is 12.8. The van der Waals surface area contributed by atoms with E-state index in [1.807, 2.05) is 24.3 Å². The molecule has 2 aromatic rings. The SMILES string of the molecule is CN(Cc1ccccc1Cl)C(=O)C1CCCN(C(=O)c2ccco2)C1. The summed E-state index contributed by atoms with van der Waals surface area (Å²) in [4.78, 5) is 28.6. The monoisotopic (exact) mass is 360 g/mol. The van der Waals surface area contributed by atoms with Crippen molar-refractivity contribution in [1.82, 2.24) is 9.80 Å².